The van der Waals surface area contributed by atoms with Crippen LogP contribution in [0.25, 0.3) is 0 Å². The lowest BCUT2D eigenvalue weighted by molar-refractivity contribution is -0.142. The van der Waals surface area contributed by atoms with Crippen molar-refractivity contribution >= 4 is 11.6 Å². The van der Waals surface area contributed by atoms with Crippen LogP contribution in [0, 0.1) is 0 Å². The molecule has 1 atom stereocenters. The summed E-state index contributed by atoms with van der Waals surface area (Å²) in [7, 11) is 0. The minimum absolute atomic E-state index is 0.0503. The third kappa shape index (κ3) is 3.88. The molecule has 0 bridgehead atoms. The predicted octanol–water partition coefficient (Wildman–Crippen LogP) is 1.72. The number of hydrogen-bond donors (Lipinski definition) is 1. The summed E-state index contributed by atoms with van der Waals surface area (Å²) in [5, 5.41) is 7.04. The van der Waals surface area contributed by atoms with Crippen molar-refractivity contribution in [3.05, 3.63) is 30.1 Å². The van der Waals surface area contributed by atoms with Gasteiger partial charge >= 0.3 is 0 Å². The van der Waals surface area contributed by atoms with E-state index in [1.54, 1.807) is 6.92 Å². The molecule has 6 nitrogen and oxygen atoms in total. The summed E-state index contributed by atoms with van der Waals surface area (Å²) in [6.07, 6.45) is 6.16. The average Bonchev–Trinajstić information content (AvgIpc) is 2.91. The Morgan fingerprint density at radius 1 is 1.39 bits per heavy atom. The maximum absolute atomic E-state index is 12.4. The minimum atomic E-state index is -0.835. The summed E-state index contributed by atoms with van der Waals surface area (Å²) in [4.78, 5) is 24.2. The van der Waals surface area contributed by atoms with Crippen molar-refractivity contribution < 1.29 is 9.63 Å². The van der Waals surface area contributed by atoms with Gasteiger partial charge in [0.1, 0.15) is 0 Å². The van der Waals surface area contributed by atoms with Gasteiger partial charge < -0.3 is 10.2 Å². The molecular formula is C17H24N4O2. The number of nitrogens with one attached hydrogen (secondary N) is 1. The third-order valence-electron chi connectivity index (χ3n) is 4.55. The fourth-order valence-electron chi connectivity index (χ4n) is 3.17. The van der Waals surface area contributed by atoms with E-state index in [1.165, 1.54) is 5.56 Å². The number of hydrogen-bond acceptors (Lipinski definition) is 5. The van der Waals surface area contributed by atoms with E-state index in [-0.39, 0.29) is 11.9 Å². The van der Waals surface area contributed by atoms with Crippen molar-refractivity contribution in [1.82, 2.24) is 15.2 Å². The lowest BCUT2D eigenvalue weighted by atomic mass is 9.97. The zero-order valence-corrected chi connectivity index (χ0v) is 13.8. The molecule has 1 amide bonds. The van der Waals surface area contributed by atoms with Crippen molar-refractivity contribution in [3.63, 3.8) is 0 Å². The molecule has 6 heteroatoms. The first-order chi connectivity index (χ1) is 11.0. The Bertz CT molecular complexity index is 582. The average molecular weight is 316 g/mol. The monoisotopic (exact) mass is 316 g/mol. The Morgan fingerprint density at radius 3 is 2.70 bits per heavy atom. The smallest absolute Gasteiger partial charge is 0.267 e. The molecule has 0 aromatic carbocycles. The van der Waals surface area contributed by atoms with Gasteiger partial charge in [0, 0.05) is 44.5 Å². The number of carbonyl (C=O) groups excluding carboxylic acids is 1. The number of piperidine rings is 1. The van der Waals surface area contributed by atoms with Crippen molar-refractivity contribution in [2.75, 3.05) is 13.1 Å². The lowest BCUT2D eigenvalue weighted by Gasteiger charge is -2.33. The summed E-state index contributed by atoms with van der Waals surface area (Å²) in [5.41, 5.74) is 1.31. The van der Waals surface area contributed by atoms with Gasteiger partial charge in [-0.2, -0.15) is 0 Å². The predicted molar refractivity (Wildman–Crippen MR) is 87.9 cm³/mol. The molecule has 1 aromatic heterocycles. The van der Waals surface area contributed by atoms with E-state index >= 15 is 0 Å². The van der Waals surface area contributed by atoms with Crippen molar-refractivity contribution in [1.29, 1.82) is 0 Å². The van der Waals surface area contributed by atoms with Crippen LogP contribution in [0.4, 0.5) is 0 Å². The molecular weight excluding hydrogens is 292 g/mol. The van der Waals surface area contributed by atoms with Crippen LogP contribution in [0.2, 0.25) is 0 Å². The van der Waals surface area contributed by atoms with Gasteiger partial charge in [0.2, 0.25) is 5.60 Å². The van der Waals surface area contributed by atoms with Gasteiger partial charge in [-0.3, -0.25) is 14.7 Å². The lowest BCUT2D eigenvalue weighted by Crippen LogP contribution is -2.51. The second-order valence-electron chi connectivity index (χ2n) is 6.70. The van der Waals surface area contributed by atoms with Crippen molar-refractivity contribution in [2.45, 2.75) is 51.3 Å². The Balaban J connectivity index is 1.45. The fourth-order valence-corrected chi connectivity index (χ4v) is 3.17. The minimum Gasteiger partial charge on any atom is -0.379 e. The molecule has 3 heterocycles. The number of carbonyl (C=O) groups is 1. The normalized spacial score (nSPS) is 25.7. The molecule has 1 fully saturated rings. The van der Waals surface area contributed by atoms with Crippen LogP contribution in [0.15, 0.2) is 29.7 Å². The molecule has 1 aromatic rings. The van der Waals surface area contributed by atoms with E-state index in [1.807, 2.05) is 19.3 Å². The first kappa shape index (κ1) is 15.9. The molecule has 0 spiro atoms. The second kappa shape index (κ2) is 6.66. The number of nitrogens with zero attached hydrogens (tertiary/aromatic N) is 3. The Morgan fingerprint density at radius 2 is 2.09 bits per heavy atom. The van der Waals surface area contributed by atoms with Gasteiger partial charge in [0.15, 0.2) is 0 Å². The molecule has 124 valence electrons. The summed E-state index contributed by atoms with van der Waals surface area (Å²) >= 11 is 0. The van der Waals surface area contributed by atoms with Crippen LogP contribution in [0.3, 0.4) is 0 Å². The zero-order valence-electron chi connectivity index (χ0n) is 13.8. The number of pyridine rings is 1. The quantitative estimate of drug-likeness (QED) is 0.918. The summed E-state index contributed by atoms with van der Waals surface area (Å²) in [6.45, 7) is 6.61. The molecule has 23 heavy (non-hydrogen) atoms. The SMILES string of the molecule is CC1=NOC(C)(C(=O)NC2CCN(Cc3ccncc3)CC2)C1. The van der Waals surface area contributed by atoms with E-state index in [4.69, 9.17) is 4.84 Å². The summed E-state index contributed by atoms with van der Waals surface area (Å²) in [5.74, 6) is -0.0503. The number of likely N-dealkylation sites (tertiary alicyclic amines) is 1. The molecule has 1 N–H and O–H groups in total. The largest absolute Gasteiger partial charge is 0.379 e. The van der Waals surface area contributed by atoms with Gasteiger partial charge in [0.25, 0.3) is 5.91 Å². The highest BCUT2D eigenvalue weighted by Crippen LogP contribution is 2.24. The molecule has 0 saturated carbocycles. The van der Waals surface area contributed by atoms with Crippen LogP contribution in [-0.4, -0.2) is 46.2 Å². The topological polar surface area (TPSA) is 66.8 Å². The first-order valence-corrected chi connectivity index (χ1v) is 8.19. The Kier molecular flexibility index (Phi) is 4.61. The maximum Gasteiger partial charge on any atom is 0.267 e. The van der Waals surface area contributed by atoms with Crippen LogP contribution in [0.1, 0.15) is 38.7 Å². The highest BCUT2D eigenvalue weighted by molar-refractivity contribution is 5.94. The van der Waals surface area contributed by atoms with E-state index < -0.39 is 5.60 Å². The molecule has 2 aliphatic heterocycles. The number of rotatable bonds is 4. The molecule has 0 radical (unpaired) electrons. The Hall–Kier alpha value is -1.95. The van der Waals surface area contributed by atoms with Gasteiger partial charge in [-0.05, 0) is 44.4 Å². The first-order valence-electron chi connectivity index (χ1n) is 8.19. The van der Waals surface area contributed by atoms with E-state index in [2.05, 4.69) is 32.5 Å². The van der Waals surface area contributed by atoms with E-state index in [0.29, 0.717) is 6.42 Å². The van der Waals surface area contributed by atoms with E-state index in [9.17, 15) is 4.79 Å². The number of amides is 1. The molecule has 0 aliphatic carbocycles. The number of aromatic nitrogens is 1. The van der Waals surface area contributed by atoms with Crippen LogP contribution in [0.5, 0.6) is 0 Å². The van der Waals surface area contributed by atoms with Crippen LogP contribution in [-0.2, 0) is 16.2 Å². The zero-order chi connectivity index (χ0) is 16.3. The van der Waals surface area contributed by atoms with Gasteiger partial charge in [-0.25, -0.2) is 0 Å². The van der Waals surface area contributed by atoms with Crippen molar-refractivity contribution in [2.24, 2.45) is 5.16 Å². The summed E-state index contributed by atoms with van der Waals surface area (Å²) < 4.78 is 0. The fraction of sp³-hybridized carbons (Fsp3) is 0.588. The van der Waals surface area contributed by atoms with Gasteiger partial charge in [-0.15, -0.1) is 0 Å². The second-order valence-corrected chi connectivity index (χ2v) is 6.70. The third-order valence-corrected chi connectivity index (χ3v) is 4.55. The molecule has 2 aliphatic rings. The van der Waals surface area contributed by atoms with Gasteiger partial charge in [-0.1, -0.05) is 5.16 Å². The van der Waals surface area contributed by atoms with Crippen LogP contribution >= 0.6 is 0 Å². The standard InChI is InChI=1S/C17H24N4O2/c1-13-11-17(2,23-20-13)16(22)19-15-5-9-21(10-6-15)12-14-3-7-18-8-4-14/h3-4,7-8,15H,5-6,9-12H2,1-2H3,(H,19,22). The maximum atomic E-state index is 12.4. The summed E-state index contributed by atoms with van der Waals surface area (Å²) in [6, 6.07) is 4.32. The molecule has 1 unspecified atom stereocenters. The number of oxime groups is 1. The van der Waals surface area contributed by atoms with Gasteiger partial charge in [0.05, 0.1) is 5.71 Å². The molecule has 3 rings (SSSR count). The molecule has 1 saturated heterocycles. The van der Waals surface area contributed by atoms with E-state index in [0.717, 1.165) is 38.2 Å². The highest BCUT2D eigenvalue weighted by atomic mass is 16.7. The van der Waals surface area contributed by atoms with Crippen molar-refractivity contribution in [3.8, 4) is 0 Å². The Labute approximate surface area is 136 Å². The van der Waals surface area contributed by atoms with Crippen LogP contribution < -0.4 is 5.32 Å². The highest BCUT2D eigenvalue weighted by Gasteiger charge is 2.41.